The largest absolute Gasteiger partial charge is 0.420 e. The van der Waals surface area contributed by atoms with Crippen LogP contribution in [0.5, 0.6) is 5.75 Å². The summed E-state index contributed by atoms with van der Waals surface area (Å²) >= 11 is 19.1. The minimum Gasteiger partial charge on any atom is -0.420 e. The Bertz CT molecular complexity index is 682. The first kappa shape index (κ1) is 16.4. The summed E-state index contributed by atoms with van der Waals surface area (Å²) in [6.07, 6.45) is 1.37. The van der Waals surface area contributed by atoms with Crippen LogP contribution in [0.3, 0.4) is 0 Å². The molecule has 0 aliphatic carbocycles. The van der Waals surface area contributed by atoms with Crippen LogP contribution in [-0.2, 0) is 0 Å². The van der Waals surface area contributed by atoms with Gasteiger partial charge in [0.1, 0.15) is 5.75 Å². The highest BCUT2D eigenvalue weighted by atomic mass is 35.5. The van der Waals surface area contributed by atoms with Gasteiger partial charge in [-0.2, -0.15) is 0 Å². The lowest BCUT2D eigenvalue weighted by atomic mass is 10.3. The Hall–Kier alpha value is -1.01. The van der Waals surface area contributed by atoms with E-state index in [1.54, 1.807) is 6.07 Å². The number of carbonyl (C=O) groups excluding carboxylic acids is 1. The average molecular weight is 364 g/mol. The molecule has 0 saturated carbocycles. The standard InChI is InChI=1S/C13H9Cl3N2O2S/c1-2-21-13-17-6-9(16)11(18-13)12(19)20-10-4-3-7(14)5-8(10)15/h3-6H,2H2,1H3. The zero-order valence-electron chi connectivity index (χ0n) is 10.8. The Morgan fingerprint density at radius 2 is 2.05 bits per heavy atom. The van der Waals surface area contributed by atoms with Crippen molar-refractivity contribution in [2.24, 2.45) is 0 Å². The monoisotopic (exact) mass is 362 g/mol. The Morgan fingerprint density at radius 1 is 1.29 bits per heavy atom. The van der Waals surface area contributed by atoms with Crippen molar-refractivity contribution < 1.29 is 9.53 Å². The minimum atomic E-state index is -0.704. The van der Waals surface area contributed by atoms with Gasteiger partial charge in [-0.15, -0.1) is 0 Å². The maximum absolute atomic E-state index is 12.1. The van der Waals surface area contributed by atoms with E-state index in [2.05, 4.69) is 9.97 Å². The van der Waals surface area contributed by atoms with Crippen molar-refractivity contribution in [2.75, 3.05) is 5.75 Å². The Labute approximate surface area is 140 Å². The summed E-state index contributed by atoms with van der Waals surface area (Å²) in [6, 6.07) is 4.54. The molecule has 0 saturated heterocycles. The molecule has 0 fully saturated rings. The number of rotatable bonds is 4. The molecule has 21 heavy (non-hydrogen) atoms. The van der Waals surface area contributed by atoms with E-state index in [0.717, 1.165) is 5.75 Å². The SMILES string of the molecule is CCSc1ncc(Cl)c(C(=O)Oc2ccc(Cl)cc2Cl)n1. The number of hydrogen-bond acceptors (Lipinski definition) is 5. The lowest BCUT2D eigenvalue weighted by Gasteiger charge is -2.07. The van der Waals surface area contributed by atoms with Crippen LogP contribution in [0.25, 0.3) is 0 Å². The minimum absolute atomic E-state index is 0.00590. The molecule has 0 spiro atoms. The van der Waals surface area contributed by atoms with Gasteiger partial charge in [-0.3, -0.25) is 0 Å². The van der Waals surface area contributed by atoms with Crippen molar-refractivity contribution in [2.45, 2.75) is 12.1 Å². The van der Waals surface area contributed by atoms with Gasteiger partial charge in [0.05, 0.1) is 16.2 Å². The average Bonchev–Trinajstić information content (AvgIpc) is 2.44. The van der Waals surface area contributed by atoms with E-state index < -0.39 is 5.97 Å². The normalized spacial score (nSPS) is 10.5. The third-order valence-corrected chi connectivity index (χ3v) is 3.84. The second kappa shape index (κ2) is 7.31. The van der Waals surface area contributed by atoms with Crippen LogP contribution in [0.15, 0.2) is 29.6 Å². The van der Waals surface area contributed by atoms with Crippen LogP contribution in [0.4, 0.5) is 0 Å². The van der Waals surface area contributed by atoms with E-state index >= 15 is 0 Å². The molecule has 0 atom stereocenters. The quantitative estimate of drug-likeness (QED) is 0.339. The van der Waals surface area contributed by atoms with Crippen LogP contribution in [0.2, 0.25) is 15.1 Å². The predicted molar refractivity (Wildman–Crippen MR) is 84.9 cm³/mol. The summed E-state index contributed by atoms with van der Waals surface area (Å²) in [5.41, 5.74) is -0.00590. The van der Waals surface area contributed by atoms with E-state index in [-0.39, 0.29) is 21.5 Å². The highest BCUT2D eigenvalue weighted by Crippen LogP contribution is 2.28. The van der Waals surface area contributed by atoms with Crippen molar-refractivity contribution in [3.8, 4) is 5.75 Å². The molecule has 0 radical (unpaired) electrons. The van der Waals surface area contributed by atoms with Gasteiger partial charge in [-0.25, -0.2) is 14.8 Å². The topological polar surface area (TPSA) is 52.1 Å². The van der Waals surface area contributed by atoms with Gasteiger partial charge in [-0.05, 0) is 24.0 Å². The van der Waals surface area contributed by atoms with E-state index in [1.165, 1.54) is 30.1 Å². The van der Waals surface area contributed by atoms with Gasteiger partial charge < -0.3 is 4.74 Å². The highest BCUT2D eigenvalue weighted by molar-refractivity contribution is 7.99. The molecule has 2 rings (SSSR count). The molecular formula is C13H9Cl3N2O2S. The van der Waals surface area contributed by atoms with Crippen molar-refractivity contribution in [3.63, 3.8) is 0 Å². The molecule has 0 unspecified atom stereocenters. The molecule has 110 valence electrons. The summed E-state index contributed by atoms with van der Waals surface area (Å²) in [4.78, 5) is 20.2. The molecule has 1 aromatic heterocycles. The number of benzene rings is 1. The predicted octanol–water partition coefficient (Wildman–Crippen LogP) is 4.77. The summed E-state index contributed by atoms with van der Waals surface area (Å²) < 4.78 is 5.19. The molecule has 0 N–H and O–H groups in total. The number of carbonyl (C=O) groups is 1. The fourth-order valence-corrected chi connectivity index (χ4v) is 2.56. The molecule has 0 bridgehead atoms. The van der Waals surface area contributed by atoms with Crippen LogP contribution in [0, 0.1) is 0 Å². The van der Waals surface area contributed by atoms with Crippen LogP contribution >= 0.6 is 46.6 Å². The smallest absolute Gasteiger partial charge is 0.364 e. The fourth-order valence-electron chi connectivity index (χ4n) is 1.40. The van der Waals surface area contributed by atoms with E-state index in [0.29, 0.717) is 10.2 Å². The highest BCUT2D eigenvalue weighted by Gasteiger charge is 2.18. The van der Waals surface area contributed by atoms with Gasteiger partial charge in [0.2, 0.25) is 0 Å². The Kier molecular flexibility index (Phi) is 5.70. The summed E-state index contributed by atoms with van der Waals surface area (Å²) in [5, 5.41) is 1.24. The van der Waals surface area contributed by atoms with Gasteiger partial charge >= 0.3 is 5.97 Å². The van der Waals surface area contributed by atoms with Crippen LogP contribution in [0.1, 0.15) is 17.4 Å². The first-order chi connectivity index (χ1) is 10.0. The fraction of sp³-hybridized carbons (Fsp3) is 0.154. The maximum Gasteiger partial charge on any atom is 0.364 e. The van der Waals surface area contributed by atoms with Gasteiger partial charge in [0, 0.05) is 5.02 Å². The Balaban J connectivity index is 2.25. The summed E-state index contributed by atoms with van der Waals surface area (Å²) in [6.45, 7) is 1.95. The lowest BCUT2D eigenvalue weighted by molar-refractivity contribution is 0.0727. The van der Waals surface area contributed by atoms with E-state index in [9.17, 15) is 4.79 Å². The van der Waals surface area contributed by atoms with Crippen LogP contribution in [-0.4, -0.2) is 21.7 Å². The zero-order valence-corrected chi connectivity index (χ0v) is 13.9. The first-order valence-corrected chi connectivity index (χ1v) is 7.95. The third kappa shape index (κ3) is 4.23. The van der Waals surface area contributed by atoms with Crippen molar-refractivity contribution in [3.05, 3.63) is 45.2 Å². The van der Waals surface area contributed by atoms with Gasteiger partial charge in [0.25, 0.3) is 0 Å². The number of ether oxygens (including phenoxy) is 1. The number of halogens is 3. The number of hydrogen-bond donors (Lipinski definition) is 0. The molecule has 4 nitrogen and oxygen atoms in total. The van der Waals surface area contributed by atoms with Crippen LogP contribution < -0.4 is 4.74 Å². The molecule has 2 aromatic rings. The first-order valence-electron chi connectivity index (χ1n) is 5.83. The molecule has 0 amide bonds. The number of esters is 1. The molecule has 1 aromatic carbocycles. The molecule has 1 heterocycles. The lowest BCUT2D eigenvalue weighted by Crippen LogP contribution is -2.12. The van der Waals surface area contributed by atoms with Crippen molar-refractivity contribution >= 4 is 52.5 Å². The second-order valence-electron chi connectivity index (χ2n) is 3.75. The second-order valence-corrected chi connectivity index (χ2v) is 6.23. The molecule has 0 aliphatic rings. The zero-order chi connectivity index (χ0) is 15.4. The summed E-state index contributed by atoms with van der Waals surface area (Å²) in [7, 11) is 0. The molecule has 8 heteroatoms. The summed E-state index contributed by atoms with van der Waals surface area (Å²) in [5.74, 6) is 0.258. The number of thioether (sulfide) groups is 1. The molecule has 0 aliphatic heterocycles. The van der Waals surface area contributed by atoms with Gasteiger partial charge in [0.15, 0.2) is 10.9 Å². The maximum atomic E-state index is 12.1. The molecular weight excluding hydrogens is 355 g/mol. The number of nitrogens with zero attached hydrogens (tertiary/aromatic N) is 2. The van der Waals surface area contributed by atoms with E-state index in [1.807, 2.05) is 6.92 Å². The number of aromatic nitrogens is 2. The Morgan fingerprint density at radius 3 is 2.71 bits per heavy atom. The van der Waals surface area contributed by atoms with E-state index in [4.69, 9.17) is 39.5 Å². The van der Waals surface area contributed by atoms with Crippen molar-refractivity contribution in [1.82, 2.24) is 9.97 Å². The van der Waals surface area contributed by atoms with Gasteiger partial charge in [-0.1, -0.05) is 53.5 Å². The third-order valence-electron chi connectivity index (χ3n) is 2.29. The van der Waals surface area contributed by atoms with Crippen molar-refractivity contribution in [1.29, 1.82) is 0 Å².